The van der Waals surface area contributed by atoms with Crippen LogP contribution in [0, 0.1) is 5.82 Å². The Labute approximate surface area is 110 Å². The van der Waals surface area contributed by atoms with Gasteiger partial charge in [0, 0.05) is 18.9 Å². The predicted octanol–water partition coefficient (Wildman–Crippen LogP) is 2.82. The third kappa shape index (κ3) is 2.99. The van der Waals surface area contributed by atoms with Gasteiger partial charge in [0.05, 0.1) is 5.56 Å². The number of halogens is 1. The van der Waals surface area contributed by atoms with Gasteiger partial charge in [-0.1, -0.05) is 0 Å². The van der Waals surface area contributed by atoms with E-state index in [1.165, 1.54) is 25.1 Å². The first-order valence-electron chi connectivity index (χ1n) is 6.05. The quantitative estimate of drug-likeness (QED) is 0.778. The fourth-order valence-electron chi connectivity index (χ4n) is 1.81. The minimum Gasteiger partial charge on any atom is -0.485 e. The maximum absolute atomic E-state index is 13.1. The zero-order valence-electron chi connectivity index (χ0n) is 10.9. The Morgan fingerprint density at radius 1 is 1.47 bits per heavy atom. The molecule has 100 valence electrons. The molecule has 2 rings (SSSR count). The van der Waals surface area contributed by atoms with Crippen LogP contribution >= 0.6 is 0 Å². The Bertz CT molecular complexity index is 593. The van der Waals surface area contributed by atoms with E-state index < -0.39 is 5.82 Å². The number of aryl methyl sites for hydroxylation is 1. The average Bonchev–Trinajstić information content (AvgIpc) is 2.84. The SMILES string of the molecule is CCn1ccnc1COc1ccc(F)cc1C(C)=O. The molecule has 0 spiro atoms. The van der Waals surface area contributed by atoms with E-state index in [2.05, 4.69) is 4.98 Å². The highest BCUT2D eigenvalue weighted by Crippen LogP contribution is 2.21. The molecule has 0 radical (unpaired) electrons. The van der Waals surface area contributed by atoms with E-state index in [1.807, 2.05) is 17.7 Å². The highest BCUT2D eigenvalue weighted by molar-refractivity contribution is 5.96. The lowest BCUT2D eigenvalue weighted by molar-refractivity contribution is 0.101. The molecule has 0 bridgehead atoms. The Kier molecular flexibility index (Phi) is 3.94. The van der Waals surface area contributed by atoms with E-state index in [4.69, 9.17) is 4.74 Å². The molecule has 0 N–H and O–H groups in total. The maximum atomic E-state index is 13.1. The summed E-state index contributed by atoms with van der Waals surface area (Å²) in [6.45, 7) is 4.42. The van der Waals surface area contributed by atoms with Crippen molar-refractivity contribution in [1.29, 1.82) is 0 Å². The number of aromatic nitrogens is 2. The van der Waals surface area contributed by atoms with Crippen molar-refractivity contribution in [3.8, 4) is 5.75 Å². The van der Waals surface area contributed by atoms with E-state index >= 15 is 0 Å². The summed E-state index contributed by atoms with van der Waals surface area (Å²) in [5.74, 6) is 0.460. The van der Waals surface area contributed by atoms with Crippen LogP contribution in [0.25, 0.3) is 0 Å². The van der Waals surface area contributed by atoms with E-state index in [1.54, 1.807) is 6.20 Å². The Morgan fingerprint density at radius 2 is 2.26 bits per heavy atom. The zero-order chi connectivity index (χ0) is 13.8. The molecule has 0 saturated heterocycles. The number of hydrogen-bond donors (Lipinski definition) is 0. The molecule has 0 saturated carbocycles. The van der Waals surface area contributed by atoms with Crippen LogP contribution in [-0.2, 0) is 13.2 Å². The molecule has 19 heavy (non-hydrogen) atoms. The molecule has 0 aliphatic rings. The number of carbonyl (C=O) groups excluding carboxylic acids is 1. The number of carbonyl (C=O) groups is 1. The molecule has 0 aliphatic heterocycles. The topological polar surface area (TPSA) is 44.1 Å². The van der Waals surface area contributed by atoms with Crippen LogP contribution in [0.5, 0.6) is 5.75 Å². The van der Waals surface area contributed by atoms with Crippen molar-refractivity contribution in [3.05, 3.63) is 47.8 Å². The third-order valence-corrected chi connectivity index (χ3v) is 2.82. The summed E-state index contributed by atoms with van der Waals surface area (Å²) >= 11 is 0. The summed E-state index contributed by atoms with van der Waals surface area (Å²) in [7, 11) is 0. The first kappa shape index (κ1) is 13.3. The van der Waals surface area contributed by atoms with Crippen molar-refractivity contribution >= 4 is 5.78 Å². The number of ketones is 1. The van der Waals surface area contributed by atoms with E-state index in [0.717, 1.165) is 12.4 Å². The molecule has 5 heteroatoms. The smallest absolute Gasteiger partial charge is 0.163 e. The van der Waals surface area contributed by atoms with Gasteiger partial charge in [-0.05, 0) is 32.0 Å². The number of nitrogens with zero attached hydrogens (tertiary/aromatic N) is 2. The summed E-state index contributed by atoms with van der Waals surface area (Å²) < 4.78 is 20.6. The molecule has 0 unspecified atom stereocenters. The van der Waals surface area contributed by atoms with Crippen LogP contribution in [0.3, 0.4) is 0 Å². The van der Waals surface area contributed by atoms with Gasteiger partial charge in [-0.25, -0.2) is 9.37 Å². The van der Waals surface area contributed by atoms with Crippen LogP contribution in [0.1, 0.15) is 30.0 Å². The normalized spacial score (nSPS) is 10.5. The van der Waals surface area contributed by atoms with E-state index in [0.29, 0.717) is 5.75 Å². The van der Waals surface area contributed by atoms with Crippen LogP contribution in [-0.4, -0.2) is 15.3 Å². The van der Waals surface area contributed by atoms with Gasteiger partial charge in [-0.15, -0.1) is 0 Å². The van der Waals surface area contributed by atoms with Crippen LogP contribution in [0.15, 0.2) is 30.6 Å². The highest BCUT2D eigenvalue weighted by Gasteiger charge is 2.11. The van der Waals surface area contributed by atoms with Gasteiger partial charge in [0.15, 0.2) is 5.78 Å². The van der Waals surface area contributed by atoms with Crippen molar-refractivity contribution in [2.24, 2.45) is 0 Å². The molecule has 1 heterocycles. The predicted molar refractivity (Wildman–Crippen MR) is 68.6 cm³/mol. The third-order valence-electron chi connectivity index (χ3n) is 2.82. The fraction of sp³-hybridized carbons (Fsp3) is 0.286. The molecular formula is C14H15FN2O2. The summed E-state index contributed by atoms with van der Waals surface area (Å²) in [5, 5.41) is 0. The van der Waals surface area contributed by atoms with Gasteiger partial charge in [-0.2, -0.15) is 0 Å². The summed E-state index contributed by atoms with van der Waals surface area (Å²) in [4.78, 5) is 15.6. The first-order valence-corrected chi connectivity index (χ1v) is 6.05. The van der Waals surface area contributed by atoms with Crippen molar-refractivity contribution < 1.29 is 13.9 Å². The molecule has 4 nitrogen and oxygen atoms in total. The van der Waals surface area contributed by atoms with Gasteiger partial charge < -0.3 is 9.30 Å². The van der Waals surface area contributed by atoms with Crippen molar-refractivity contribution in [2.45, 2.75) is 27.0 Å². The first-order chi connectivity index (χ1) is 9.11. The van der Waals surface area contributed by atoms with Gasteiger partial charge >= 0.3 is 0 Å². The molecular weight excluding hydrogens is 247 g/mol. The molecule has 1 aromatic heterocycles. The van der Waals surface area contributed by atoms with Crippen molar-refractivity contribution in [3.63, 3.8) is 0 Å². The van der Waals surface area contributed by atoms with Gasteiger partial charge in [0.25, 0.3) is 0 Å². The van der Waals surface area contributed by atoms with Crippen LogP contribution in [0.2, 0.25) is 0 Å². The minimum atomic E-state index is -0.451. The Hall–Kier alpha value is -2.17. The summed E-state index contributed by atoms with van der Waals surface area (Å²) in [5.41, 5.74) is 0.245. The minimum absolute atomic E-state index is 0.228. The van der Waals surface area contributed by atoms with E-state index in [-0.39, 0.29) is 18.0 Å². The highest BCUT2D eigenvalue weighted by atomic mass is 19.1. The number of rotatable bonds is 5. The summed E-state index contributed by atoms with van der Waals surface area (Å²) in [6, 6.07) is 3.92. The van der Waals surface area contributed by atoms with Crippen molar-refractivity contribution in [2.75, 3.05) is 0 Å². The lowest BCUT2D eigenvalue weighted by Crippen LogP contribution is -2.07. The lowest BCUT2D eigenvalue weighted by atomic mass is 10.1. The largest absolute Gasteiger partial charge is 0.485 e. The average molecular weight is 262 g/mol. The zero-order valence-corrected chi connectivity index (χ0v) is 10.9. The number of Topliss-reactive ketones (excluding diaryl/α,β-unsaturated/α-hetero) is 1. The molecule has 0 fully saturated rings. The van der Waals surface area contributed by atoms with Gasteiger partial charge in [-0.3, -0.25) is 4.79 Å². The number of ether oxygens (including phenoxy) is 1. The monoisotopic (exact) mass is 262 g/mol. The number of imidazole rings is 1. The second-order valence-electron chi connectivity index (χ2n) is 4.11. The van der Waals surface area contributed by atoms with Crippen molar-refractivity contribution in [1.82, 2.24) is 9.55 Å². The second-order valence-corrected chi connectivity index (χ2v) is 4.11. The standard InChI is InChI=1S/C14H15FN2O2/c1-3-17-7-6-16-14(17)9-19-13-5-4-11(15)8-12(13)10(2)18/h4-8H,3,9H2,1-2H3. The second kappa shape index (κ2) is 5.65. The lowest BCUT2D eigenvalue weighted by Gasteiger charge is -2.10. The maximum Gasteiger partial charge on any atom is 0.163 e. The summed E-state index contributed by atoms with van der Waals surface area (Å²) in [6.07, 6.45) is 3.55. The van der Waals surface area contributed by atoms with E-state index in [9.17, 15) is 9.18 Å². The van der Waals surface area contributed by atoms with Gasteiger partial charge in [0.2, 0.25) is 0 Å². The van der Waals surface area contributed by atoms with Crippen LogP contribution in [0.4, 0.5) is 4.39 Å². The number of benzene rings is 1. The molecule has 2 aromatic rings. The van der Waals surface area contributed by atoms with Crippen LogP contribution < -0.4 is 4.74 Å². The fourth-order valence-corrected chi connectivity index (χ4v) is 1.81. The number of hydrogen-bond acceptors (Lipinski definition) is 3. The molecule has 0 atom stereocenters. The molecule has 1 aromatic carbocycles. The Morgan fingerprint density at radius 3 is 2.95 bits per heavy atom. The molecule has 0 amide bonds. The Balaban J connectivity index is 2.18. The molecule has 0 aliphatic carbocycles. The van der Waals surface area contributed by atoms with Gasteiger partial charge in [0.1, 0.15) is 24.0 Å².